The van der Waals surface area contributed by atoms with Crippen LogP contribution in [-0.4, -0.2) is 42.2 Å². The Morgan fingerprint density at radius 1 is 0.771 bits per heavy atom. The summed E-state index contributed by atoms with van der Waals surface area (Å²) in [5.41, 5.74) is 1.70. The number of nitrogens with one attached hydrogen (secondary N) is 2. The van der Waals surface area contributed by atoms with Crippen molar-refractivity contribution in [1.82, 2.24) is 30.4 Å². The van der Waals surface area contributed by atoms with Crippen LogP contribution in [0.1, 0.15) is 27.6 Å². The lowest BCUT2D eigenvalue weighted by Crippen LogP contribution is -2.14. The number of pyridine rings is 2. The summed E-state index contributed by atoms with van der Waals surface area (Å²) in [6.07, 6.45) is 9.95. The van der Waals surface area contributed by atoms with Crippen LogP contribution in [0, 0.1) is 11.8 Å². The maximum atomic E-state index is 12.2. The van der Waals surface area contributed by atoms with E-state index in [0.29, 0.717) is 22.1 Å². The first-order chi connectivity index (χ1) is 17.1. The normalized spacial score (nSPS) is 16.6. The van der Waals surface area contributed by atoms with E-state index >= 15 is 0 Å². The first kappa shape index (κ1) is 23.1. The Bertz CT molecular complexity index is 1200. The molecule has 4 heterocycles. The van der Waals surface area contributed by atoms with E-state index < -0.39 is 0 Å². The molecule has 0 bridgehead atoms. The van der Waals surface area contributed by atoms with Gasteiger partial charge >= 0.3 is 0 Å². The molecular formula is C23H22N8O2S2. The Morgan fingerprint density at radius 2 is 1.26 bits per heavy atom. The number of aromatic nitrogens is 6. The summed E-state index contributed by atoms with van der Waals surface area (Å²) < 4.78 is 0. The number of hydrogen-bond donors (Lipinski definition) is 2. The number of hydrogen-bond acceptors (Lipinski definition) is 10. The van der Waals surface area contributed by atoms with Crippen LogP contribution in [0.15, 0.2) is 49.1 Å². The molecule has 1 fully saturated rings. The minimum Gasteiger partial charge on any atom is -0.300 e. The van der Waals surface area contributed by atoms with Gasteiger partial charge in [0.1, 0.15) is 10.0 Å². The summed E-state index contributed by atoms with van der Waals surface area (Å²) in [4.78, 5) is 32.4. The highest BCUT2D eigenvalue weighted by Crippen LogP contribution is 2.44. The number of amides is 2. The van der Waals surface area contributed by atoms with E-state index in [4.69, 9.17) is 0 Å². The molecule has 1 aliphatic rings. The second-order valence-corrected chi connectivity index (χ2v) is 10.5. The summed E-state index contributed by atoms with van der Waals surface area (Å²) >= 11 is 2.83. The predicted molar refractivity (Wildman–Crippen MR) is 132 cm³/mol. The Hall–Kier alpha value is -3.64. The van der Waals surface area contributed by atoms with E-state index in [1.165, 1.54) is 22.7 Å². The first-order valence-corrected chi connectivity index (χ1v) is 12.8. The Kier molecular flexibility index (Phi) is 7.09. The van der Waals surface area contributed by atoms with Gasteiger partial charge in [0, 0.05) is 37.6 Å². The summed E-state index contributed by atoms with van der Waals surface area (Å²) in [5.74, 6) is 0.748. The molecule has 5 rings (SSSR count). The molecule has 35 heavy (non-hydrogen) atoms. The highest BCUT2D eigenvalue weighted by atomic mass is 32.1. The van der Waals surface area contributed by atoms with Crippen molar-refractivity contribution in [1.29, 1.82) is 0 Å². The van der Waals surface area contributed by atoms with Gasteiger partial charge in [-0.25, -0.2) is 0 Å². The van der Waals surface area contributed by atoms with Crippen molar-refractivity contribution in [3.63, 3.8) is 0 Å². The smallest absolute Gasteiger partial charge is 0.230 e. The minimum atomic E-state index is -0.135. The molecule has 2 N–H and O–H groups in total. The molecule has 4 aromatic rings. The fourth-order valence-corrected chi connectivity index (χ4v) is 5.43. The van der Waals surface area contributed by atoms with Crippen molar-refractivity contribution in [2.24, 2.45) is 11.8 Å². The zero-order valence-corrected chi connectivity index (χ0v) is 20.3. The van der Waals surface area contributed by atoms with Gasteiger partial charge in [0.15, 0.2) is 0 Å². The molecule has 4 aromatic heterocycles. The molecular weight excluding hydrogens is 484 g/mol. The molecule has 178 valence electrons. The number of anilines is 2. The molecule has 2 atom stereocenters. The molecule has 12 heteroatoms. The summed E-state index contributed by atoms with van der Waals surface area (Å²) in [6, 6.07) is 7.34. The third-order valence-electron chi connectivity index (χ3n) is 5.54. The first-order valence-electron chi connectivity index (χ1n) is 11.1. The molecule has 1 aliphatic carbocycles. The van der Waals surface area contributed by atoms with Gasteiger partial charge in [-0.2, -0.15) is 0 Å². The monoisotopic (exact) mass is 506 g/mol. The summed E-state index contributed by atoms with van der Waals surface area (Å²) in [5, 5.41) is 25.2. The molecule has 10 nitrogen and oxygen atoms in total. The zero-order valence-electron chi connectivity index (χ0n) is 18.6. The zero-order chi connectivity index (χ0) is 24.0. The highest BCUT2D eigenvalue weighted by Gasteiger charge is 2.38. The van der Waals surface area contributed by atoms with Crippen molar-refractivity contribution in [3.8, 4) is 0 Å². The molecule has 0 spiro atoms. The van der Waals surface area contributed by atoms with Gasteiger partial charge in [-0.1, -0.05) is 34.8 Å². The maximum Gasteiger partial charge on any atom is 0.230 e. The van der Waals surface area contributed by atoms with Crippen LogP contribution in [0.5, 0.6) is 0 Å². The lowest BCUT2D eigenvalue weighted by Gasteiger charge is -2.00. The number of carbonyl (C=O) groups excluding carboxylic acids is 2. The summed E-state index contributed by atoms with van der Waals surface area (Å²) in [7, 11) is 0. The van der Waals surface area contributed by atoms with Gasteiger partial charge in [0.2, 0.25) is 22.1 Å². The van der Waals surface area contributed by atoms with Crippen LogP contribution >= 0.6 is 22.7 Å². The van der Waals surface area contributed by atoms with Crippen molar-refractivity contribution in [2.45, 2.75) is 32.1 Å². The van der Waals surface area contributed by atoms with Gasteiger partial charge in [-0.3, -0.25) is 19.6 Å². The molecule has 0 radical (unpaired) electrons. The SMILES string of the molecule is O=C(Cc1cccnc1)Nc1nnc(C[C@@H]2C[C@H]2Cc2nnc(NC(=O)Cc3cccnc3)s2)s1. The van der Waals surface area contributed by atoms with Gasteiger partial charge in [0.05, 0.1) is 12.8 Å². The van der Waals surface area contributed by atoms with Crippen LogP contribution in [-0.2, 0) is 35.3 Å². The van der Waals surface area contributed by atoms with Crippen LogP contribution in [0.4, 0.5) is 10.3 Å². The molecule has 0 aromatic carbocycles. The highest BCUT2D eigenvalue weighted by molar-refractivity contribution is 7.15. The van der Waals surface area contributed by atoms with Gasteiger partial charge in [-0.15, -0.1) is 20.4 Å². The topological polar surface area (TPSA) is 136 Å². The quantitative estimate of drug-likeness (QED) is 0.335. The van der Waals surface area contributed by atoms with E-state index in [-0.39, 0.29) is 24.7 Å². The molecule has 1 saturated carbocycles. The fraction of sp³-hybridized carbons (Fsp3) is 0.304. The average Bonchev–Trinajstić information content (AvgIpc) is 3.18. The lowest BCUT2D eigenvalue weighted by molar-refractivity contribution is -0.116. The van der Waals surface area contributed by atoms with Crippen molar-refractivity contribution >= 4 is 44.8 Å². The molecule has 0 unspecified atom stereocenters. The lowest BCUT2D eigenvalue weighted by atomic mass is 10.2. The van der Waals surface area contributed by atoms with Crippen LogP contribution < -0.4 is 10.6 Å². The van der Waals surface area contributed by atoms with Crippen LogP contribution in [0.3, 0.4) is 0 Å². The largest absolute Gasteiger partial charge is 0.300 e. The minimum absolute atomic E-state index is 0.135. The van der Waals surface area contributed by atoms with Gasteiger partial charge in [0.25, 0.3) is 0 Å². The number of rotatable bonds is 10. The third-order valence-corrected chi connectivity index (χ3v) is 7.27. The Morgan fingerprint density at radius 3 is 1.69 bits per heavy atom. The summed E-state index contributed by atoms with van der Waals surface area (Å²) in [6.45, 7) is 0. The predicted octanol–water partition coefficient (Wildman–Crippen LogP) is 2.96. The van der Waals surface area contributed by atoms with E-state index in [9.17, 15) is 9.59 Å². The standard InChI is InChI=1S/C23H22N8O2S2/c32-18(7-14-3-1-5-24-12-14)26-22-30-28-20(34-22)10-16-9-17(16)11-21-29-31-23(35-21)27-19(33)8-15-4-2-6-25-13-15/h1-6,12-13,16-17H,7-11H2,(H,26,30,32)(H,27,31,33)/t16-,17-/m0/s1. The van der Waals surface area contributed by atoms with Gasteiger partial charge < -0.3 is 10.6 Å². The second kappa shape index (κ2) is 10.7. The van der Waals surface area contributed by atoms with Crippen molar-refractivity contribution in [3.05, 3.63) is 70.2 Å². The van der Waals surface area contributed by atoms with E-state index in [1.54, 1.807) is 36.9 Å². The average molecular weight is 507 g/mol. The van der Waals surface area contributed by atoms with E-state index in [0.717, 1.165) is 40.4 Å². The number of nitrogens with zero attached hydrogens (tertiary/aromatic N) is 6. The number of carbonyl (C=O) groups is 2. The fourth-order valence-electron chi connectivity index (χ4n) is 3.74. The van der Waals surface area contributed by atoms with E-state index in [1.807, 2.05) is 12.1 Å². The molecule has 0 aliphatic heterocycles. The van der Waals surface area contributed by atoms with Gasteiger partial charge in [-0.05, 0) is 41.5 Å². The third kappa shape index (κ3) is 6.70. The molecule has 0 saturated heterocycles. The van der Waals surface area contributed by atoms with Crippen LogP contribution in [0.2, 0.25) is 0 Å². The Balaban J connectivity index is 1.05. The maximum absolute atomic E-state index is 12.2. The van der Waals surface area contributed by atoms with Crippen molar-refractivity contribution < 1.29 is 9.59 Å². The van der Waals surface area contributed by atoms with Crippen LogP contribution in [0.25, 0.3) is 0 Å². The van der Waals surface area contributed by atoms with E-state index in [2.05, 4.69) is 41.0 Å². The van der Waals surface area contributed by atoms with Crippen molar-refractivity contribution in [2.75, 3.05) is 10.6 Å². The Labute approximate surface area is 209 Å². The second-order valence-electron chi connectivity index (χ2n) is 8.34. The molecule has 2 amide bonds.